The maximum absolute atomic E-state index is 5.79. The van der Waals surface area contributed by atoms with Crippen molar-refractivity contribution in [3.8, 4) is 0 Å². The number of likely N-dealkylation sites (tertiary alicyclic amines) is 1. The molecule has 0 saturated carbocycles. The van der Waals surface area contributed by atoms with Gasteiger partial charge in [0.05, 0.1) is 11.2 Å². The first kappa shape index (κ1) is 11.0. The van der Waals surface area contributed by atoms with Crippen LogP contribution in [0.5, 0.6) is 0 Å². The third-order valence-electron chi connectivity index (χ3n) is 3.37. The minimum Gasteiger partial charge on any atom is -0.330 e. The van der Waals surface area contributed by atoms with Crippen molar-refractivity contribution in [2.45, 2.75) is 19.9 Å². The highest BCUT2D eigenvalue weighted by molar-refractivity contribution is 7.07. The molecule has 0 spiro atoms. The molecule has 2 atom stereocenters. The molecule has 2 unspecified atom stereocenters. The zero-order valence-corrected chi connectivity index (χ0v) is 10.0. The van der Waals surface area contributed by atoms with E-state index in [-0.39, 0.29) is 0 Å². The predicted octanol–water partition coefficient (Wildman–Crippen LogP) is 1.56. The van der Waals surface area contributed by atoms with Crippen molar-refractivity contribution >= 4 is 11.3 Å². The van der Waals surface area contributed by atoms with E-state index in [9.17, 15) is 0 Å². The lowest BCUT2D eigenvalue weighted by atomic mass is 9.87. The summed E-state index contributed by atoms with van der Waals surface area (Å²) in [6.45, 7) is 6.45. The van der Waals surface area contributed by atoms with E-state index in [2.05, 4.69) is 22.2 Å². The molecule has 2 heterocycles. The Morgan fingerprint density at radius 2 is 2.53 bits per heavy atom. The van der Waals surface area contributed by atoms with E-state index in [0.29, 0.717) is 5.92 Å². The Labute approximate surface area is 95.3 Å². The first-order valence-electron chi connectivity index (χ1n) is 5.59. The summed E-state index contributed by atoms with van der Waals surface area (Å²) >= 11 is 1.67. The summed E-state index contributed by atoms with van der Waals surface area (Å²) in [5.41, 5.74) is 8.89. The Kier molecular flexibility index (Phi) is 3.72. The van der Waals surface area contributed by atoms with Crippen LogP contribution in [0.1, 0.15) is 19.0 Å². The predicted molar refractivity (Wildman–Crippen MR) is 63.7 cm³/mol. The molecule has 0 aliphatic carbocycles. The second kappa shape index (κ2) is 5.05. The van der Waals surface area contributed by atoms with Crippen LogP contribution in [0.4, 0.5) is 0 Å². The van der Waals surface area contributed by atoms with Crippen molar-refractivity contribution in [3.63, 3.8) is 0 Å². The third kappa shape index (κ3) is 2.77. The van der Waals surface area contributed by atoms with Gasteiger partial charge in [-0.25, -0.2) is 4.98 Å². The minimum absolute atomic E-state index is 0.664. The molecular weight excluding hydrogens is 206 g/mol. The summed E-state index contributed by atoms with van der Waals surface area (Å²) in [5.74, 6) is 1.44. The lowest BCUT2D eigenvalue weighted by molar-refractivity contribution is 0.125. The van der Waals surface area contributed by atoms with Gasteiger partial charge >= 0.3 is 0 Å². The number of nitrogens with zero attached hydrogens (tertiary/aromatic N) is 2. The first-order valence-corrected chi connectivity index (χ1v) is 6.53. The van der Waals surface area contributed by atoms with E-state index in [1.165, 1.54) is 18.7 Å². The number of piperidine rings is 1. The van der Waals surface area contributed by atoms with Crippen LogP contribution in [0.3, 0.4) is 0 Å². The summed E-state index contributed by atoms with van der Waals surface area (Å²) in [4.78, 5) is 6.80. The Hall–Kier alpha value is -0.450. The van der Waals surface area contributed by atoms with Crippen molar-refractivity contribution in [3.05, 3.63) is 16.6 Å². The van der Waals surface area contributed by atoms with Crippen LogP contribution in [0.2, 0.25) is 0 Å². The number of hydrogen-bond donors (Lipinski definition) is 1. The number of hydrogen-bond acceptors (Lipinski definition) is 4. The zero-order chi connectivity index (χ0) is 10.7. The Bertz CT molecular complexity index is 286. The number of aromatic nitrogens is 1. The average molecular weight is 225 g/mol. The van der Waals surface area contributed by atoms with Crippen LogP contribution < -0.4 is 5.73 Å². The highest BCUT2D eigenvalue weighted by atomic mass is 32.1. The lowest BCUT2D eigenvalue weighted by Gasteiger charge is -2.36. The van der Waals surface area contributed by atoms with Crippen molar-refractivity contribution in [2.24, 2.45) is 17.6 Å². The van der Waals surface area contributed by atoms with Gasteiger partial charge in [-0.2, -0.15) is 0 Å². The third-order valence-corrected chi connectivity index (χ3v) is 4.01. The fourth-order valence-corrected chi connectivity index (χ4v) is 2.77. The SMILES string of the molecule is CC1CCN(Cc2cscn2)CC1CN. The Morgan fingerprint density at radius 3 is 3.20 bits per heavy atom. The molecule has 84 valence electrons. The van der Waals surface area contributed by atoms with E-state index < -0.39 is 0 Å². The molecule has 1 fully saturated rings. The molecule has 2 rings (SSSR count). The molecule has 1 aromatic heterocycles. The summed E-state index contributed by atoms with van der Waals surface area (Å²) in [6.07, 6.45) is 1.27. The van der Waals surface area contributed by atoms with Gasteiger partial charge in [-0.05, 0) is 31.3 Å². The zero-order valence-electron chi connectivity index (χ0n) is 9.22. The summed E-state index contributed by atoms with van der Waals surface area (Å²) in [7, 11) is 0. The molecule has 1 aliphatic heterocycles. The number of rotatable bonds is 3. The summed E-state index contributed by atoms with van der Waals surface area (Å²) < 4.78 is 0. The largest absolute Gasteiger partial charge is 0.330 e. The van der Waals surface area contributed by atoms with Gasteiger partial charge < -0.3 is 5.73 Å². The van der Waals surface area contributed by atoms with Gasteiger partial charge in [0.15, 0.2) is 0 Å². The highest BCUT2D eigenvalue weighted by Crippen LogP contribution is 2.23. The van der Waals surface area contributed by atoms with Crippen LogP contribution in [0.25, 0.3) is 0 Å². The Morgan fingerprint density at radius 1 is 1.67 bits per heavy atom. The molecule has 2 N–H and O–H groups in total. The maximum Gasteiger partial charge on any atom is 0.0795 e. The van der Waals surface area contributed by atoms with Gasteiger partial charge in [-0.3, -0.25) is 4.90 Å². The molecule has 0 bridgehead atoms. The van der Waals surface area contributed by atoms with Gasteiger partial charge in [-0.1, -0.05) is 6.92 Å². The monoisotopic (exact) mass is 225 g/mol. The van der Waals surface area contributed by atoms with Crippen LogP contribution in [0.15, 0.2) is 10.9 Å². The van der Waals surface area contributed by atoms with Crippen molar-refractivity contribution in [1.82, 2.24) is 9.88 Å². The molecule has 1 aromatic rings. The van der Waals surface area contributed by atoms with E-state index >= 15 is 0 Å². The second-order valence-corrected chi connectivity index (χ2v) is 5.20. The standard InChI is InChI=1S/C11H19N3S/c1-9-2-3-14(5-10(9)4-12)6-11-7-15-8-13-11/h7-10H,2-6,12H2,1H3. The van der Waals surface area contributed by atoms with Gasteiger partial charge in [-0.15, -0.1) is 11.3 Å². The van der Waals surface area contributed by atoms with Crippen LogP contribution >= 0.6 is 11.3 Å². The molecule has 1 aliphatic rings. The smallest absolute Gasteiger partial charge is 0.0795 e. The molecule has 4 heteroatoms. The highest BCUT2D eigenvalue weighted by Gasteiger charge is 2.25. The van der Waals surface area contributed by atoms with E-state index in [0.717, 1.165) is 25.6 Å². The number of nitrogens with two attached hydrogens (primary N) is 1. The molecule has 0 aromatic carbocycles. The van der Waals surface area contributed by atoms with Crippen LogP contribution in [-0.2, 0) is 6.54 Å². The van der Waals surface area contributed by atoms with Gasteiger partial charge in [0, 0.05) is 18.5 Å². The fourth-order valence-electron chi connectivity index (χ4n) is 2.22. The second-order valence-electron chi connectivity index (χ2n) is 4.48. The quantitative estimate of drug-likeness (QED) is 0.849. The van der Waals surface area contributed by atoms with Crippen LogP contribution in [0, 0.1) is 11.8 Å². The molecular formula is C11H19N3S. The molecule has 0 amide bonds. The first-order chi connectivity index (χ1) is 7.29. The van der Waals surface area contributed by atoms with Gasteiger partial charge in [0.25, 0.3) is 0 Å². The average Bonchev–Trinajstić information content (AvgIpc) is 2.73. The lowest BCUT2D eigenvalue weighted by Crippen LogP contribution is -2.42. The van der Waals surface area contributed by atoms with Crippen molar-refractivity contribution < 1.29 is 0 Å². The molecule has 3 nitrogen and oxygen atoms in total. The van der Waals surface area contributed by atoms with Gasteiger partial charge in [0.1, 0.15) is 0 Å². The van der Waals surface area contributed by atoms with Crippen LogP contribution in [-0.4, -0.2) is 29.5 Å². The van der Waals surface area contributed by atoms with E-state index in [1.54, 1.807) is 11.3 Å². The number of thiazole rings is 1. The normalized spacial score (nSPS) is 28.1. The minimum atomic E-state index is 0.664. The molecule has 0 radical (unpaired) electrons. The van der Waals surface area contributed by atoms with E-state index in [4.69, 9.17) is 5.73 Å². The Balaban J connectivity index is 1.89. The fraction of sp³-hybridized carbons (Fsp3) is 0.727. The maximum atomic E-state index is 5.79. The summed E-state index contributed by atoms with van der Waals surface area (Å²) in [5, 5.41) is 2.13. The molecule has 1 saturated heterocycles. The molecule has 15 heavy (non-hydrogen) atoms. The van der Waals surface area contributed by atoms with E-state index in [1.807, 2.05) is 5.51 Å². The topological polar surface area (TPSA) is 42.2 Å². The van der Waals surface area contributed by atoms with Crippen molar-refractivity contribution in [2.75, 3.05) is 19.6 Å². The summed E-state index contributed by atoms with van der Waals surface area (Å²) in [6, 6.07) is 0. The van der Waals surface area contributed by atoms with Gasteiger partial charge in [0.2, 0.25) is 0 Å². The van der Waals surface area contributed by atoms with Crippen molar-refractivity contribution in [1.29, 1.82) is 0 Å².